The minimum atomic E-state index is 0.492. The van der Waals surface area contributed by atoms with Gasteiger partial charge in [0.05, 0.1) is 33.4 Å². The highest BCUT2D eigenvalue weighted by Crippen LogP contribution is 2.43. The number of likely N-dealkylation sites (tertiary alicyclic amines) is 2. The van der Waals surface area contributed by atoms with Crippen molar-refractivity contribution in [2.24, 2.45) is 0 Å². The number of aromatic nitrogens is 2. The first kappa shape index (κ1) is 20.9. The summed E-state index contributed by atoms with van der Waals surface area (Å²) in [6.45, 7) is 5.35. The van der Waals surface area contributed by atoms with Crippen LogP contribution in [0.3, 0.4) is 0 Å². The first-order valence-electron chi connectivity index (χ1n) is 10.8. The second kappa shape index (κ2) is 9.66. The molecule has 0 aliphatic carbocycles. The average molecular weight is 417 g/mol. The van der Waals surface area contributed by atoms with E-state index in [9.17, 15) is 0 Å². The van der Waals surface area contributed by atoms with Crippen molar-refractivity contribution in [3.8, 4) is 28.6 Å². The third-order valence-corrected chi connectivity index (χ3v) is 6.24. The number of rotatable bonds is 7. The van der Waals surface area contributed by atoms with Crippen LogP contribution in [-0.2, 0) is 6.54 Å². The number of ether oxygens (including phenoxy) is 3. The largest absolute Gasteiger partial charge is 0.493 e. The summed E-state index contributed by atoms with van der Waals surface area (Å²) in [5.41, 5.74) is 0.717. The Hall–Kier alpha value is -2.32. The fraction of sp³-hybridized carbons (Fsp3) is 0.636. The molecule has 1 aromatic heterocycles. The zero-order valence-corrected chi connectivity index (χ0v) is 18.2. The van der Waals surface area contributed by atoms with Gasteiger partial charge in [-0.3, -0.25) is 4.90 Å². The number of nitrogens with zero attached hydrogens (tertiary/aromatic N) is 4. The fourth-order valence-corrected chi connectivity index (χ4v) is 4.62. The van der Waals surface area contributed by atoms with Crippen LogP contribution in [0.4, 0.5) is 0 Å². The molecule has 0 saturated carbocycles. The number of benzene rings is 1. The molecule has 2 aliphatic rings. The third-order valence-electron chi connectivity index (χ3n) is 6.24. The molecule has 0 spiro atoms. The van der Waals surface area contributed by atoms with Gasteiger partial charge < -0.3 is 23.6 Å². The van der Waals surface area contributed by atoms with Gasteiger partial charge in [0.2, 0.25) is 17.5 Å². The normalized spacial score (nSPS) is 19.0. The number of methoxy groups -OCH3 is 3. The van der Waals surface area contributed by atoms with Gasteiger partial charge >= 0.3 is 0 Å². The van der Waals surface area contributed by atoms with Crippen molar-refractivity contribution in [2.45, 2.75) is 44.7 Å². The van der Waals surface area contributed by atoms with Gasteiger partial charge in [0, 0.05) is 19.1 Å². The van der Waals surface area contributed by atoms with Gasteiger partial charge in [0.1, 0.15) is 0 Å². The number of hydrogen-bond acceptors (Lipinski definition) is 8. The van der Waals surface area contributed by atoms with Gasteiger partial charge in [-0.25, -0.2) is 0 Å². The Bertz CT molecular complexity index is 827. The van der Waals surface area contributed by atoms with E-state index in [4.69, 9.17) is 18.7 Å². The van der Waals surface area contributed by atoms with Crippen molar-refractivity contribution in [1.29, 1.82) is 0 Å². The minimum Gasteiger partial charge on any atom is -0.493 e. The van der Waals surface area contributed by atoms with E-state index in [0.717, 1.165) is 19.1 Å². The number of piperidine rings is 2. The molecule has 2 saturated heterocycles. The quantitative estimate of drug-likeness (QED) is 0.681. The van der Waals surface area contributed by atoms with Gasteiger partial charge in [0.15, 0.2) is 11.5 Å². The summed E-state index contributed by atoms with van der Waals surface area (Å²) in [5.74, 6) is 2.76. The second-order valence-corrected chi connectivity index (χ2v) is 8.00. The topological polar surface area (TPSA) is 73.1 Å². The molecule has 8 nitrogen and oxygen atoms in total. The maximum Gasteiger partial charge on any atom is 0.241 e. The van der Waals surface area contributed by atoms with Gasteiger partial charge in [-0.1, -0.05) is 11.6 Å². The lowest BCUT2D eigenvalue weighted by Gasteiger charge is -2.39. The van der Waals surface area contributed by atoms with E-state index in [1.54, 1.807) is 21.3 Å². The van der Waals surface area contributed by atoms with Crippen LogP contribution in [0.2, 0.25) is 0 Å². The highest BCUT2D eigenvalue weighted by atomic mass is 16.5. The third kappa shape index (κ3) is 4.39. The Labute approximate surface area is 178 Å². The zero-order chi connectivity index (χ0) is 20.9. The van der Waals surface area contributed by atoms with E-state index in [2.05, 4.69) is 19.9 Å². The van der Waals surface area contributed by atoms with Crippen LogP contribution in [0.15, 0.2) is 16.7 Å². The van der Waals surface area contributed by atoms with E-state index < -0.39 is 0 Å². The predicted molar refractivity (Wildman–Crippen MR) is 113 cm³/mol. The van der Waals surface area contributed by atoms with E-state index in [1.807, 2.05) is 12.1 Å². The summed E-state index contributed by atoms with van der Waals surface area (Å²) in [6, 6.07) is 4.41. The molecule has 164 valence electrons. The van der Waals surface area contributed by atoms with E-state index in [1.165, 1.54) is 45.2 Å². The maximum atomic E-state index is 5.55. The fourth-order valence-electron chi connectivity index (χ4n) is 4.62. The summed E-state index contributed by atoms with van der Waals surface area (Å²) < 4.78 is 21.9. The zero-order valence-electron chi connectivity index (χ0n) is 18.2. The van der Waals surface area contributed by atoms with E-state index in [0.29, 0.717) is 41.1 Å². The van der Waals surface area contributed by atoms with E-state index in [-0.39, 0.29) is 0 Å². The standard InChI is InChI=1S/C22H32N4O4/c1-27-18-8-7-17(20(28-2)21(18)29-3)22-23-19(30-24-22)15-25-13-9-16(10-14-25)26-11-5-4-6-12-26/h7-8,16H,4-6,9-15H2,1-3H3. The molecule has 3 heterocycles. The van der Waals surface area contributed by atoms with Crippen LogP contribution in [0.1, 0.15) is 38.0 Å². The molecule has 0 unspecified atom stereocenters. The lowest BCUT2D eigenvalue weighted by molar-refractivity contribution is 0.0847. The number of hydrogen-bond donors (Lipinski definition) is 0. The van der Waals surface area contributed by atoms with Gasteiger partial charge in [-0.15, -0.1) is 0 Å². The Morgan fingerprint density at radius 2 is 1.67 bits per heavy atom. The van der Waals surface area contributed by atoms with Crippen molar-refractivity contribution in [2.75, 3.05) is 47.5 Å². The van der Waals surface area contributed by atoms with E-state index >= 15 is 0 Å². The molecule has 0 amide bonds. The van der Waals surface area contributed by atoms with Crippen LogP contribution >= 0.6 is 0 Å². The molecular formula is C22H32N4O4. The van der Waals surface area contributed by atoms with Crippen LogP contribution in [0, 0.1) is 0 Å². The summed E-state index contributed by atoms with van der Waals surface area (Å²) in [4.78, 5) is 9.71. The second-order valence-electron chi connectivity index (χ2n) is 8.00. The predicted octanol–water partition coefficient (Wildman–Crippen LogP) is 3.21. The van der Waals surface area contributed by atoms with Gasteiger partial charge in [-0.05, 0) is 50.9 Å². The van der Waals surface area contributed by atoms with Crippen LogP contribution in [-0.4, -0.2) is 73.5 Å². The molecule has 0 N–H and O–H groups in total. The molecule has 0 atom stereocenters. The smallest absolute Gasteiger partial charge is 0.241 e. The molecule has 2 aliphatic heterocycles. The highest BCUT2D eigenvalue weighted by Gasteiger charge is 2.27. The molecule has 2 fully saturated rings. The van der Waals surface area contributed by atoms with Crippen molar-refractivity contribution < 1.29 is 18.7 Å². The molecule has 0 bridgehead atoms. The Morgan fingerprint density at radius 3 is 2.33 bits per heavy atom. The lowest BCUT2D eigenvalue weighted by Crippen LogP contribution is -2.46. The summed E-state index contributed by atoms with van der Waals surface area (Å²) >= 11 is 0. The van der Waals surface area contributed by atoms with Crippen LogP contribution < -0.4 is 14.2 Å². The minimum absolute atomic E-state index is 0.492. The first-order chi connectivity index (χ1) is 14.7. The molecule has 8 heteroatoms. The Morgan fingerprint density at radius 1 is 0.933 bits per heavy atom. The monoisotopic (exact) mass is 416 g/mol. The summed E-state index contributed by atoms with van der Waals surface area (Å²) in [7, 11) is 4.77. The van der Waals surface area contributed by atoms with Crippen LogP contribution in [0.5, 0.6) is 17.2 Å². The molecule has 1 aromatic carbocycles. The molecular weight excluding hydrogens is 384 g/mol. The first-order valence-corrected chi connectivity index (χ1v) is 10.8. The molecule has 0 radical (unpaired) electrons. The van der Waals surface area contributed by atoms with Crippen molar-refractivity contribution in [3.05, 3.63) is 18.0 Å². The highest BCUT2D eigenvalue weighted by molar-refractivity contribution is 5.71. The van der Waals surface area contributed by atoms with Crippen molar-refractivity contribution in [1.82, 2.24) is 19.9 Å². The maximum absolute atomic E-state index is 5.55. The molecule has 30 heavy (non-hydrogen) atoms. The Balaban J connectivity index is 1.40. The SMILES string of the molecule is COc1ccc(-c2noc(CN3CCC(N4CCCCC4)CC3)n2)c(OC)c1OC. The Kier molecular flexibility index (Phi) is 6.74. The van der Waals surface area contributed by atoms with Crippen LogP contribution in [0.25, 0.3) is 11.4 Å². The van der Waals surface area contributed by atoms with Crippen molar-refractivity contribution in [3.63, 3.8) is 0 Å². The molecule has 4 rings (SSSR count). The van der Waals surface area contributed by atoms with Gasteiger partial charge in [0.25, 0.3) is 0 Å². The summed E-state index contributed by atoms with van der Waals surface area (Å²) in [6.07, 6.45) is 6.52. The summed E-state index contributed by atoms with van der Waals surface area (Å²) in [5, 5.41) is 4.18. The van der Waals surface area contributed by atoms with Crippen molar-refractivity contribution >= 4 is 0 Å². The average Bonchev–Trinajstić information content (AvgIpc) is 3.27. The lowest BCUT2D eigenvalue weighted by atomic mass is 10.00. The van der Waals surface area contributed by atoms with Gasteiger partial charge in [-0.2, -0.15) is 4.98 Å². The molecule has 2 aromatic rings.